The van der Waals surface area contributed by atoms with E-state index in [2.05, 4.69) is 207 Å². The van der Waals surface area contributed by atoms with Gasteiger partial charge in [0.05, 0.1) is 22.4 Å². The average Bonchev–Trinajstić information content (AvgIpc) is 3.52. The molecule has 52 heavy (non-hydrogen) atoms. The maximum Gasteiger partial charge on any atom is 0.0541 e. The van der Waals surface area contributed by atoms with Crippen LogP contribution in [-0.2, 0) is 10.8 Å². The molecule has 0 radical (unpaired) electrons. The molecular weight excluding hydrogens is 629 g/mol. The van der Waals surface area contributed by atoms with Gasteiger partial charge < -0.3 is 9.47 Å². The van der Waals surface area contributed by atoms with Crippen LogP contribution in [0.25, 0.3) is 49.7 Å². The Morgan fingerprint density at radius 1 is 0.442 bits per heavy atom. The van der Waals surface area contributed by atoms with Crippen LogP contribution in [0.4, 0.5) is 17.1 Å². The summed E-state index contributed by atoms with van der Waals surface area (Å²) in [4.78, 5) is 2.46. The van der Waals surface area contributed by atoms with Gasteiger partial charge in [-0.2, -0.15) is 0 Å². The van der Waals surface area contributed by atoms with Crippen LogP contribution in [0, 0.1) is 0 Å². The molecule has 0 bridgehead atoms. The molecule has 0 amide bonds. The summed E-state index contributed by atoms with van der Waals surface area (Å²) in [5, 5.41) is 2.54. The Kier molecular flexibility index (Phi) is 7.66. The Hall–Kier alpha value is -5.86. The molecule has 254 valence electrons. The van der Waals surface area contributed by atoms with Crippen molar-refractivity contribution in [1.29, 1.82) is 0 Å². The SMILES string of the molecule is CC1(C)CCC(C)(C)c2cc(-c3ccccc3N(c3ccc(-n4c5ccccc5c5ccccc54)cc3)c3ccccc3-c3ccccc3)ccc21. The Bertz CT molecular complexity index is 2520. The molecule has 0 saturated carbocycles. The van der Waals surface area contributed by atoms with Gasteiger partial charge in [0.2, 0.25) is 0 Å². The summed E-state index contributed by atoms with van der Waals surface area (Å²) in [7, 11) is 0. The largest absolute Gasteiger partial charge is 0.309 e. The van der Waals surface area contributed by atoms with Gasteiger partial charge in [0, 0.05) is 33.3 Å². The van der Waals surface area contributed by atoms with Gasteiger partial charge >= 0.3 is 0 Å². The van der Waals surface area contributed by atoms with Crippen LogP contribution in [0.2, 0.25) is 0 Å². The molecule has 1 aromatic heterocycles. The van der Waals surface area contributed by atoms with E-state index in [0.29, 0.717) is 0 Å². The molecule has 0 unspecified atom stereocenters. The van der Waals surface area contributed by atoms with E-state index in [4.69, 9.17) is 0 Å². The minimum absolute atomic E-state index is 0.123. The number of benzene rings is 7. The van der Waals surface area contributed by atoms with E-state index in [9.17, 15) is 0 Å². The first kappa shape index (κ1) is 32.1. The van der Waals surface area contributed by atoms with Crippen LogP contribution in [-0.4, -0.2) is 4.57 Å². The highest BCUT2D eigenvalue weighted by Crippen LogP contribution is 2.49. The van der Waals surface area contributed by atoms with Crippen molar-refractivity contribution < 1.29 is 0 Å². The van der Waals surface area contributed by atoms with Crippen molar-refractivity contribution in [3.8, 4) is 27.9 Å². The number of aromatic nitrogens is 1. The standard InChI is InChI=1S/C50H44N2/c1-49(2)32-33-50(3,4)44-34-36(26-31-43(44)49)40-19-9-13-23-46(40)51(45-22-12-8-18-39(45)35-16-6-5-7-17-35)37-27-29-38(30-28-37)52-47-24-14-10-20-41(47)42-21-11-15-25-48(42)52/h5-31,34H,32-33H2,1-4H3. The molecule has 0 saturated heterocycles. The maximum atomic E-state index is 2.49. The van der Waals surface area contributed by atoms with E-state index in [0.717, 1.165) is 22.7 Å². The minimum atomic E-state index is 0.123. The molecule has 1 heterocycles. The van der Waals surface area contributed by atoms with Crippen molar-refractivity contribution in [2.45, 2.75) is 51.4 Å². The lowest BCUT2D eigenvalue weighted by Crippen LogP contribution is -2.33. The van der Waals surface area contributed by atoms with Gasteiger partial charge in [-0.3, -0.25) is 0 Å². The first-order chi connectivity index (χ1) is 25.3. The fourth-order valence-corrected chi connectivity index (χ4v) is 8.56. The highest BCUT2D eigenvalue weighted by molar-refractivity contribution is 6.09. The zero-order valence-electron chi connectivity index (χ0n) is 30.5. The Morgan fingerprint density at radius 2 is 0.942 bits per heavy atom. The van der Waals surface area contributed by atoms with Gasteiger partial charge in [0.1, 0.15) is 0 Å². The van der Waals surface area contributed by atoms with Crippen LogP contribution in [0.5, 0.6) is 0 Å². The van der Waals surface area contributed by atoms with E-state index in [1.54, 1.807) is 0 Å². The highest BCUT2D eigenvalue weighted by atomic mass is 15.1. The lowest BCUT2D eigenvalue weighted by atomic mass is 9.63. The monoisotopic (exact) mass is 672 g/mol. The normalized spacial score (nSPS) is 14.7. The Balaban J connectivity index is 1.24. The second-order valence-electron chi connectivity index (χ2n) is 15.6. The number of anilines is 3. The number of para-hydroxylation sites is 4. The molecule has 8 aromatic rings. The predicted octanol–water partition coefficient (Wildman–Crippen LogP) is 13.9. The molecule has 0 aliphatic heterocycles. The van der Waals surface area contributed by atoms with E-state index < -0.39 is 0 Å². The van der Waals surface area contributed by atoms with Crippen molar-refractivity contribution in [3.63, 3.8) is 0 Å². The molecule has 9 rings (SSSR count). The second-order valence-corrected chi connectivity index (χ2v) is 15.6. The van der Waals surface area contributed by atoms with Gasteiger partial charge in [-0.05, 0) is 94.5 Å². The lowest BCUT2D eigenvalue weighted by Gasteiger charge is -2.42. The van der Waals surface area contributed by atoms with Crippen molar-refractivity contribution >= 4 is 38.9 Å². The van der Waals surface area contributed by atoms with Crippen LogP contribution in [0.3, 0.4) is 0 Å². The van der Waals surface area contributed by atoms with Crippen molar-refractivity contribution in [3.05, 3.63) is 181 Å². The molecule has 1 aliphatic carbocycles. The molecular formula is C50H44N2. The van der Waals surface area contributed by atoms with Gasteiger partial charge in [0.25, 0.3) is 0 Å². The summed E-state index contributed by atoms with van der Waals surface area (Å²) in [5.41, 5.74) is 15.1. The third-order valence-corrected chi connectivity index (χ3v) is 11.5. The zero-order chi connectivity index (χ0) is 35.5. The van der Waals surface area contributed by atoms with Crippen LogP contribution < -0.4 is 4.90 Å². The Labute approximate surface area is 307 Å². The number of hydrogen-bond acceptors (Lipinski definition) is 1. The van der Waals surface area contributed by atoms with Crippen molar-refractivity contribution in [1.82, 2.24) is 4.57 Å². The maximum absolute atomic E-state index is 2.49. The summed E-state index contributed by atoms with van der Waals surface area (Å²) in [6.07, 6.45) is 2.39. The molecule has 0 N–H and O–H groups in total. The third-order valence-electron chi connectivity index (χ3n) is 11.5. The van der Waals surface area contributed by atoms with Gasteiger partial charge in [-0.15, -0.1) is 0 Å². The Morgan fingerprint density at radius 3 is 1.56 bits per heavy atom. The van der Waals surface area contributed by atoms with Crippen LogP contribution in [0.15, 0.2) is 170 Å². The zero-order valence-corrected chi connectivity index (χ0v) is 30.5. The first-order valence-electron chi connectivity index (χ1n) is 18.6. The van der Waals surface area contributed by atoms with Gasteiger partial charge in [-0.1, -0.05) is 149 Å². The lowest BCUT2D eigenvalue weighted by molar-refractivity contribution is 0.332. The molecule has 0 fully saturated rings. The van der Waals surface area contributed by atoms with E-state index in [1.807, 2.05) is 0 Å². The molecule has 2 heteroatoms. The molecule has 2 nitrogen and oxygen atoms in total. The first-order valence-corrected chi connectivity index (χ1v) is 18.6. The summed E-state index contributed by atoms with van der Waals surface area (Å²) in [5.74, 6) is 0. The number of nitrogens with zero attached hydrogens (tertiary/aromatic N) is 2. The van der Waals surface area contributed by atoms with E-state index in [-0.39, 0.29) is 10.8 Å². The minimum Gasteiger partial charge on any atom is -0.309 e. The fraction of sp³-hybridized carbons (Fsp3) is 0.160. The van der Waals surface area contributed by atoms with Crippen molar-refractivity contribution in [2.24, 2.45) is 0 Å². The summed E-state index contributed by atoms with van der Waals surface area (Å²) in [6.45, 7) is 9.63. The van der Waals surface area contributed by atoms with Crippen LogP contribution in [0.1, 0.15) is 51.7 Å². The molecule has 1 aliphatic rings. The average molecular weight is 673 g/mol. The number of rotatable bonds is 6. The smallest absolute Gasteiger partial charge is 0.0541 e. The quantitative estimate of drug-likeness (QED) is 0.171. The van der Waals surface area contributed by atoms with Gasteiger partial charge in [-0.25, -0.2) is 0 Å². The summed E-state index contributed by atoms with van der Waals surface area (Å²) < 4.78 is 2.39. The summed E-state index contributed by atoms with van der Waals surface area (Å²) >= 11 is 0. The fourth-order valence-electron chi connectivity index (χ4n) is 8.56. The topological polar surface area (TPSA) is 8.17 Å². The van der Waals surface area contributed by atoms with Crippen LogP contribution >= 0.6 is 0 Å². The second kappa shape index (κ2) is 12.4. The number of fused-ring (bicyclic) bond motifs is 4. The van der Waals surface area contributed by atoms with E-state index in [1.165, 1.54) is 68.0 Å². The highest BCUT2D eigenvalue weighted by Gasteiger charge is 2.37. The predicted molar refractivity (Wildman–Crippen MR) is 222 cm³/mol. The summed E-state index contributed by atoms with van der Waals surface area (Å²) in [6, 6.07) is 62.3. The molecule has 0 atom stereocenters. The van der Waals surface area contributed by atoms with Gasteiger partial charge in [0.15, 0.2) is 0 Å². The van der Waals surface area contributed by atoms with E-state index >= 15 is 0 Å². The van der Waals surface area contributed by atoms with Crippen molar-refractivity contribution in [2.75, 3.05) is 4.90 Å². The molecule has 0 spiro atoms. The number of hydrogen-bond donors (Lipinski definition) is 0. The third kappa shape index (κ3) is 5.33. The molecule has 7 aromatic carbocycles.